The SMILES string of the molecule is CNC1CCCc2ccc(-c3ccc4ncccc4c3)cc21. The van der Waals surface area contributed by atoms with E-state index in [1.807, 2.05) is 12.3 Å². The molecule has 4 rings (SSSR count). The molecule has 22 heavy (non-hydrogen) atoms. The molecule has 1 unspecified atom stereocenters. The molecule has 3 aromatic rings. The van der Waals surface area contributed by atoms with Gasteiger partial charge in [0.1, 0.15) is 0 Å². The van der Waals surface area contributed by atoms with Crippen LogP contribution in [0.3, 0.4) is 0 Å². The van der Waals surface area contributed by atoms with Crippen molar-refractivity contribution >= 4 is 10.9 Å². The zero-order chi connectivity index (χ0) is 14.9. The average molecular weight is 288 g/mol. The number of benzene rings is 2. The number of aromatic nitrogens is 1. The number of nitrogens with zero attached hydrogens (tertiary/aromatic N) is 1. The van der Waals surface area contributed by atoms with Crippen LogP contribution in [0.4, 0.5) is 0 Å². The lowest BCUT2D eigenvalue weighted by Gasteiger charge is -2.25. The van der Waals surface area contributed by atoms with Gasteiger partial charge in [-0.1, -0.05) is 24.3 Å². The van der Waals surface area contributed by atoms with Crippen molar-refractivity contribution in [3.05, 3.63) is 65.9 Å². The maximum atomic E-state index is 4.40. The summed E-state index contributed by atoms with van der Waals surface area (Å²) in [5.74, 6) is 0. The highest BCUT2D eigenvalue weighted by molar-refractivity contribution is 5.84. The molecule has 0 amide bonds. The minimum atomic E-state index is 0.492. The van der Waals surface area contributed by atoms with Crippen molar-refractivity contribution in [2.75, 3.05) is 7.05 Å². The lowest BCUT2D eigenvalue weighted by Crippen LogP contribution is -2.21. The van der Waals surface area contributed by atoms with Crippen LogP contribution in [0, 0.1) is 0 Å². The molecule has 1 aliphatic carbocycles. The van der Waals surface area contributed by atoms with Gasteiger partial charge in [0.05, 0.1) is 5.52 Å². The van der Waals surface area contributed by atoms with E-state index in [0.29, 0.717) is 6.04 Å². The van der Waals surface area contributed by atoms with Crippen molar-refractivity contribution in [2.24, 2.45) is 0 Å². The molecule has 2 aromatic carbocycles. The zero-order valence-electron chi connectivity index (χ0n) is 12.8. The molecular formula is C20H20N2. The quantitative estimate of drug-likeness (QED) is 0.751. The highest BCUT2D eigenvalue weighted by Crippen LogP contribution is 2.33. The van der Waals surface area contributed by atoms with Crippen LogP contribution in [0.25, 0.3) is 22.0 Å². The highest BCUT2D eigenvalue weighted by Gasteiger charge is 2.19. The molecule has 0 radical (unpaired) electrons. The van der Waals surface area contributed by atoms with Crippen LogP contribution in [-0.2, 0) is 6.42 Å². The van der Waals surface area contributed by atoms with E-state index in [4.69, 9.17) is 0 Å². The van der Waals surface area contributed by atoms with Crippen molar-refractivity contribution in [1.29, 1.82) is 0 Å². The molecule has 1 N–H and O–H groups in total. The summed E-state index contributed by atoms with van der Waals surface area (Å²) < 4.78 is 0. The monoisotopic (exact) mass is 288 g/mol. The second-order valence-corrected chi connectivity index (χ2v) is 6.06. The lowest BCUT2D eigenvalue weighted by atomic mass is 9.85. The molecule has 0 bridgehead atoms. The summed E-state index contributed by atoms with van der Waals surface area (Å²) in [6, 6.07) is 18.1. The maximum absolute atomic E-state index is 4.40. The summed E-state index contributed by atoms with van der Waals surface area (Å²) in [4.78, 5) is 4.40. The number of nitrogens with one attached hydrogen (secondary N) is 1. The Kier molecular flexibility index (Phi) is 3.39. The van der Waals surface area contributed by atoms with Crippen molar-refractivity contribution in [3.63, 3.8) is 0 Å². The van der Waals surface area contributed by atoms with Crippen LogP contribution in [0.1, 0.15) is 30.0 Å². The second-order valence-electron chi connectivity index (χ2n) is 6.06. The number of hydrogen-bond donors (Lipinski definition) is 1. The van der Waals surface area contributed by atoms with Gasteiger partial charge >= 0.3 is 0 Å². The van der Waals surface area contributed by atoms with Crippen molar-refractivity contribution in [2.45, 2.75) is 25.3 Å². The molecule has 0 aliphatic heterocycles. The first-order valence-corrected chi connectivity index (χ1v) is 8.00. The Labute approximate surface area is 131 Å². The Morgan fingerprint density at radius 2 is 1.91 bits per heavy atom. The van der Waals surface area contributed by atoms with Gasteiger partial charge in [0, 0.05) is 17.6 Å². The van der Waals surface area contributed by atoms with Crippen molar-refractivity contribution < 1.29 is 0 Å². The first-order chi connectivity index (χ1) is 10.8. The highest BCUT2D eigenvalue weighted by atomic mass is 14.9. The van der Waals surface area contributed by atoms with Gasteiger partial charge in [-0.2, -0.15) is 0 Å². The van der Waals surface area contributed by atoms with Crippen LogP contribution in [0.15, 0.2) is 54.7 Å². The summed E-state index contributed by atoms with van der Waals surface area (Å²) in [5.41, 5.74) is 6.59. The molecule has 1 heterocycles. The van der Waals surface area contributed by atoms with E-state index < -0.39 is 0 Å². The van der Waals surface area contributed by atoms with Gasteiger partial charge in [0.25, 0.3) is 0 Å². The predicted octanol–water partition coefficient (Wildman–Crippen LogP) is 4.50. The Balaban J connectivity index is 1.81. The standard InChI is InChI=1S/C20H20N2/c1-21-20-6-2-4-14-7-8-16(13-18(14)20)15-9-10-19-17(12-15)5-3-11-22-19/h3,5,7-13,20-21H,2,4,6H2,1H3. The minimum Gasteiger partial charge on any atom is -0.313 e. The van der Waals surface area contributed by atoms with Gasteiger partial charge in [0.2, 0.25) is 0 Å². The first-order valence-electron chi connectivity index (χ1n) is 8.00. The van der Waals surface area contributed by atoms with Crippen molar-refractivity contribution in [1.82, 2.24) is 10.3 Å². The van der Waals surface area contributed by atoms with Crippen LogP contribution in [-0.4, -0.2) is 12.0 Å². The van der Waals surface area contributed by atoms with Gasteiger partial charge in [0.15, 0.2) is 0 Å². The summed E-state index contributed by atoms with van der Waals surface area (Å²) in [5, 5.41) is 4.66. The van der Waals surface area contributed by atoms with E-state index in [2.05, 4.69) is 59.8 Å². The molecule has 110 valence electrons. The summed E-state index contributed by atoms with van der Waals surface area (Å²) in [6.45, 7) is 0. The fraction of sp³-hybridized carbons (Fsp3) is 0.250. The molecule has 2 heteroatoms. The van der Waals surface area contributed by atoms with Crippen LogP contribution in [0.5, 0.6) is 0 Å². The molecule has 0 fully saturated rings. The third kappa shape index (κ3) is 2.30. The number of pyridine rings is 1. The van der Waals surface area contributed by atoms with E-state index in [1.54, 1.807) is 0 Å². The molecule has 0 saturated heterocycles. The van der Waals surface area contributed by atoms with E-state index in [0.717, 1.165) is 5.52 Å². The third-order valence-electron chi connectivity index (χ3n) is 4.74. The largest absolute Gasteiger partial charge is 0.313 e. The Bertz CT molecular complexity index is 823. The summed E-state index contributed by atoms with van der Waals surface area (Å²) >= 11 is 0. The fourth-order valence-electron chi connectivity index (χ4n) is 3.53. The molecule has 1 aromatic heterocycles. The summed E-state index contributed by atoms with van der Waals surface area (Å²) in [7, 11) is 2.06. The molecule has 1 atom stereocenters. The van der Waals surface area contributed by atoms with E-state index in [1.165, 1.54) is 46.9 Å². The molecule has 0 saturated carbocycles. The summed E-state index contributed by atoms with van der Waals surface area (Å²) in [6.07, 6.45) is 5.56. The van der Waals surface area contributed by atoms with Gasteiger partial charge in [-0.3, -0.25) is 4.98 Å². The molecule has 2 nitrogen and oxygen atoms in total. The molecular weight excluding hydrogens is 268 g/mol. The van der Waals surface area contributed by atoms with E-state index in [9.17, 15) is 0 Å². The number of rotatable bonds is 2. The van der Waals surface area contributed by atoms with E-state index in [-0.39, 0.29) is 0 Å². The molecule has 1 aliphatic rings. The average Bonchev–Trinajstić information content (AvgIpc) is 2.60. The van der Waals surface area contributed by atoms with Gasteiger partial charge in [-0.25, -0.2) is 0 Å². The Morgan fingerprint density at radius 3 is 2.82 bits per heavy atom. The number of hydrogen-bond acceptors (Lipinski definition) is 2. The van der Waals surface area contributed by atoms with Crippen molar-refractivity contribution in [3.8, 4) is 11.1 Å². The van der Waals surface area contributed by atoms with Crippen LogP contribution in [0.2, 0.25) is 0 Å². The predicted molar refractivity (Wildman–Crippen MR) is 91.9 cm³/mol. The van der Waals surface area contributed by atoms with E-state index >= 15 is 0 Å². The second kappa shape index (κ2) is 5.54. The van der Waals surface area contributed by atoms with Crippen LogP contribution >= 0.6 is 0 Å². The first kappa shape index (κ1) is 13.5. The number of aryl methyl sites for hydroxylation is 1. The molecule has 0 spiro atoms. The van der Waals surface area contributed by atoms with Gasteiger partial charge < -0.3 is 5.32 Å². The third-order valence-corrected chi connectivity index (χ3v) is 4.74. The van der Waals surface area contributed by atoms with Gasteiger partial charge in [-0.05, 0) is 72.8 Å². The normalized spacial score (nSPS) is 17.4. The van der Waals surface area contributed by atoms with Crippen LogP contribution < -0.4 is 5.32 Å². The Hall–Kier alpha value is -2.19. The smallest absolute Gasteiger partial charge is 0.0702 e. The number of fused-ring (bicyclic) bond motifs is 2. The lowest BCUT2D eigenvalue weighted by molar-refractivity contribution is 0.497. The Morgan fingerprint density at radius 1 is 1.05 bits per heavy atom. The topological polar surface area (TPSA) is 24.9 Å². The zero-order valence-corrected chi connectivity index (χ0v) is 12.8. The maximum Gasteiger partial charge on any atom is 0.0702 e. The minimum absolute atomic E-state index is 0.492. The fourth-order valence-corrected chi connectivity index (χ4v) is 3.53. The van der Waals surface area contributed by atoms with Gasteiger partial charge in [-0.15, -0.1) is 0 Å².